The van der Waals surface area contributed by atoms with Gasteiger partial charge in [-0.3, -0.25) is 0 Å². The average Bonchev–Trinajstić information content (AvgIpc) is 2.41. The number of hydrogen-bond donors (Lipinski definition) is 1. The van der Waals surface area contributed by atoms with Crippen molar-refractivity contribution in [3.05, 3.63) is 0 Å². The van der Waals surface area contributed by atoms with E-state index >= 15 is 0 Å². The number of hydrogen-bond acceptors (Lipinski definition) is 4. The van der Waals surface area contributed by atoms with Crippen LogP contribution >= 0.6 is 0 Å². The molecular formula is C18H37N3O2. The number of nitrogens with one attached hydrogen (secondary N) is 1. The lowest BCUT2D eigenvalue weighted by molar-refractivity contribution is 0.0246. The lowest BCUT2D eigenvalue weighted by Gasteiger charge is -2.40. The highest BCUT2D eigenvalue weighted by Gasteiger charge is 2.28. The highest BCUT2D eigenvalue weighted by molar-refractivity contribution is 5.68. The van der Waals surface area contributed by atoms with Gasteiger partial charge in [-0.15, -0.1) is 0 Å². The third-order valence-electron chi connectivity index (χ3n) is 4.54. The predicted molar refractivity (Wildman–Crippen MR) is 95.8 cm³/mol. The van der Waals surface area contributed by atoms with Crippen molar-refractivity contribution in [1.29, 1.82) is 0 Å². The average molecular weight is 328 g/mol. The minimum absolute atomic E-state index is 0.203. The zero-order valence-corrected chi connectivity index (χ0v) is 16.2. The van der Waals surface area contributed by atoms with Crippen LogP contribution in [0.25, 0.3) is 0 Å². The van der Waals surface area contributed by atoms with Crippen molar-refractivity contribution in [2.24, 2.45) is 5.92 Å². The molecule has 1 N–H and O–H groups in total. The number of piperidine rings is 1. The molecule has 1 aliphatic heterocycles. The number of amides is 1. The number of rotatable bonds is 6. The summed E-state index contributed by atoms with van der Waals surface area (Å²) in [5.41, 5.74) is -0.436. The fourth-order valence-corrected chi connectivity index (χ4v) is 3.10. The van der Waals surface area contributed by atoms with Gasteiger partial charge in [-0.2, -0.15) is 0 Å². The molecular weight excluding hydrogens is 290 g/mol. The van der Waals surface area contributed by atoms with Gasteiger partial charge in [-0.25, -0.2) is 4.79 Å². The fraction of sp³-hybridized carbons (Fsp3) is 0.944. The van der Waals surface area contributed by atoms with E-state index in [4.69, 9.17) is 4.74 Å². The van der Waals surface area contributed by atoms with Crippen LogP contribution in [0, 0.1) is 5.92 Å². The summed E-state index contributed by atoms with van der Waals surface area (Å²) in [6.45, 7) is 15.8. The fourth-order valence-electron chi connectivity index (χ4n) is 3.10. The number of ether oxygens (including phenoxy) is 1. The van der Waals surface area contributed by atoms with Crippen molar-refractivity contribution < 1.29 is 9.53 Å². The summed E-state index contributed by atoms with van der Waals surface area (Å²) in [4.78, 5) is 16.5. The predicted octanol–water partition coefficient (Wildman–Crippen LogP) is 2.95. The first kappa shape index (κ1) is 20.2. The van der Waals surface area contributed by atoms with Crippen LogP contribution in [0.5, 0.6) is 0 Å². The molecule has 0 spiro atoms. The molecule has 0 aromatic heterocycles. The molecule has 1 heterocycles. The topological polar surface area (TPSA) is 44.8 Å². The van der Waals surface area contributed by atoms with Crippen LogP contribution in [0.3, 0.4) is 0 Å². The van der Waals surface area contributed by atoms with Gasteiger partial charge in [0.05, 0.1) is 0 Å². The second-order valence-electron chi connectivity index (χ2n) is 8.03. The van der Waals surface area contributed by atoms with Crippen LogP contribution < -0.4 is 5.32 Å². The molecule has 1 rings (SSSR count). The van der Waals surface area contributed by atoms with Gasteiger partial charge < -0.3 is 19.9 Å². The summed E-state index contributed by atoms with van der Waals surface area (Å²) in [6, 6.07) is 1.14. The molecule has 0 aromatic carbocycles. The summed E-state index contributed by atoms with van der Waals surface area (Å²) in [5, 5.41) is 3.65. The number of carbonyl (C=O) groups is 1. The Balaban J connectivity index is 2.45. The summed E-state index contributed by atoms with van der Waals surface area (Å²) in [7, 11) is 2.20. The Bertz CT molecular complexity index is 368. The molecule has 5 heteroatoms. The molecule has 3 atom stereocenters. The Morgan fingerprint density at radius 3 is 2.52 bits per heavy atom. The van der Waals surface area contributed by atoms with E-state index in [1.165, 1.54) is 0 Å². The maximum Gasteiger partial charge on any atom is 0.410 e. The van der Waals surface area contributed by atoms with Crippen molar-refractivity contribution in [2.45, 2.75) is 72.1 Å². The van der Waals surface area contributed by atoms with Crippen molar-refractivity contribution in [3.8, 4) is 0 Å². The summed E-state index contributed by atoms with van der Waals surface area (Å²) >= 11 is 0. The van der Waals surface area contributed by atoms with Crippen molar-refractivity contribution in [2.75, 3.05) is 33.2 Å². The zero-order chi connectivity index (χ0) is 17.6. The minimum atomic E-state index is -0.436. The lowest BCUT2D eigenvalue weighted by Crippen LogP contribution is -2.52. The Morgan fingerprint density at radius 1 is 1.30 bits per heavy atom. The molecule has 1 fully saturated rings. The highest BCUT2D eigenvalue weighted by Crippen LogP contribution is 2.20. The van der Waals surface area contributed by atoms with E-state index in [-0.39, 0.29) is 6.09 Å². The maximum atomic E-state index is 12.3. The van der Waals surface area contributed by atoms with Gasteiger partial charge >= 0.3 is 6.09 Å². The van der Waals surface area contributed by atoms with Crippen LogP contribution in [-0.2, 0) is 4.74 Å². The molecule has 0 saturated carbocycles. The molecule has 5 nitrogen and oxygen atoms in total. The van der Waals surface area contributed by atoms with E-state index in [0.29, 0.717) is 24.5 Å². The van der Waals surface area contributed by atoms with Crippen molar-refractivity contribution in [3.63, 3.8) is 0 Å². The third kappa shape index (κ3) is 7.08. The summed E-state index contributed by atoms with van der Waals surface area (Å²) in [5.74, 6) is 0.636. The first-order chi connectivity index (χ1) is 10.6. The molecule has 1 amide bonds. The smallest absolute Gasteiger partial charge is 0.410 e. The van der Waals surface area contributed by atoms with Gasteiger partial charge in [0, 0.05) is 38.3 Å². The van der Waals surface area contributed by atoms with Crippen molar-refractivity contribution >= 4 is 6.09 Å². The number of carbonyl (C=O) groups excluding carboxylic acids is 1. The monoisotopic (exact) mass is 327 g/mol. The molecule has 1 saturated heterocycles. The normalized spacial score (nSPS) is 26.1. The second kappa shape index (κ2) is 8.88. The molecule has 23 heavy (non-hydrogen) atoms. The maximum absolute atomic E-state index is 12.3. The Morgan fingerprint density at radius 2 is 1.96 bits per heavy atom. The van der Waals surface area contributed by atoms with Gasteiger partial charge in [0.2, 0.25) is 0 Å². The molecule has 1 aliphatic rings. The van der Waals surface area contributed by atoms with Crippen molar-refractivity contribution in [1.82, 2.24) is 15.1 Å². The largest absolute Gasteiger partial charge is 0.444 e. The third-order valence-corrected chi connectivity index (χ3v) is 4.54. The van der Waals surface area contributed by atoms with Gasteiger partial charge in [0.15, 0.2) is 0 Å². The molecule has 0 aliphatic carbocycles. The number of likely N-dealkylation sites (tertiary alicyclic amines) is 1. The van der Waals surface area contributed by atoms with E-state index in [2.05, 4.69) is 38.0 Å². The summed E-state index contributed by atoms with van der Waals surface area (Å²) < 4.78 is 5.50. The second-order valence-corrected chi connectivity index (χ2v) is 8.03. The van der Waals surface area contributed by atoms with E-state index in [1.807, 2.05) is 25.7 Å². The Labute approximate surface area is 142 Å². The minimum Gasteiger partial charge on any atom is -0.444 e. The Kier molecular flexibility index (Phi) is 7.81. The highest BCUT2D eigenvalue weighted by atomic mass is 16.6. The summed E-state index contributed by atoms with van der Waals surface area (Å²) in [6.07, 6.45) is 1.91. The van der Waals surface area contributed by atoms with E-state index in [9.17, 15) is 4.79 Å². The SMILES string of the molecule is CCCN(CCNC1CC(C)N(C)CC1C)C(=O)OC(C)(C)C. The molecule has 136 valence electrons. The Hall–Kier alpha value is -0.810. The first-order valence-electron chi connectivity index (χ1n) is 9.05. The van der Waals surface area contributed by atoms with E-state index in [0.717, 1.165) is 32.5 Å². The van der Waals surface area contributed by atoms with Crippen LogP contribution in [0.1, 0.15) is 54.4 Å². The van der Waals surface area contributed by atoms with E-state index < -0.39 is 5.60 Å². The quantitative estimate of drug-likeness (QED) is 0.815. The molecule has 0 bridgehead atoms. The lowest BCUT2D eigenvalue weighted by atomic mass is 9.90. The van der Waals surface area contributed by atoms with Gasteiger partial charge in [-0.05, 0) is 53.5 Å². The first-order valence-corrected chi connectivity index (χ1v) is 9.05. The molecule has 0 aromatic rings. The zero-order valence-electron chi connectivity index (χ0n) is 16.2. The van der Waals surface area contributed by atoms with Gasteiger partial charge in [-0.1, -0.05) is 13.8 Å². The van der Waals surface area contributed by atoms with Crippen LogP contribution in [0.2, 0.25) is 0 Å². The van der Waals surface area contributed by atoms with Crippen LogP contribution in [0.15, 0.2) is 0 Å². The molecule has 3 unspecified atom stereocenters. The standard InChI is InChI=1S/C18H37N3O2/c1-8-10-21(17(22)23-18(4,5)6)11-9-19-16-12-15(3)20(7)13-14(16)2/h14-16,19H,8-13H2,1-7H3. The van der Waals surface area contributed by atoms with Crippen LogP contribution in [0.4, 0.5) is 4.79 Å². The number of nitrogens with zero attached hydrogens (tertiary/aromatic N) is 2. The molecule has 0 radical (unpaired) electrons. The van der Waals surface area contributed by atoms with Gasteiger partial charge in [0.25, 0.3) is 0 Å². The van der Waals surface area contributed by atoms with Gasteiger partial charge in [0.1, 0.15) is 5.60 Å². The van der Waals surface area contributed by atoms with E-state index in [1.54, 1.807) is 0 Å². The van der Waals surface area contributed by atoms with Crippen LogP contribution in [-0.4, -0.2) is 66.8 Å².